The van der Waals surface area contributed by atoms with Crippen molar-refractivity contribution in [3.8, 4) is 5.75 Å². The van der Waals surface area contributed by atoms with E-state index in [2.05, 4.69) is 4.98 Å². The fourth-order valence-corrected chi connectivity index (χ4v) is 1.88. The highest BCUT2D eigenvalue weighted by Gasteiger charge is 2.08. The second-order valence-electron chi connectivity index (χ2n) is 3.22. The molecule has 0 saturated carbocycles. The minimum atomic E-state index is 0.431. The smallest absolute Gasteiger partial charge is 0.134 e. The zero-order valence-corrected chi connectivity index (χ0v) is 9.86. The monoisotopic (exact) mass is 241 g/mol. The largest absolute Gasteiger partial charge is 0.497 e. The number of ether oxygens (including phenoxy) is 1. The predicted octanol–water partition coefficient (Wildman–Crippen LogP) is 3.86. The quantitative estimate of drug-likeness (QED) is 0.708. The van der Waals surface area contributed by atoms with E-state index in [4.69, 9.17) is 27.9 Å². The Kier molecular flexibility index (Phi) is 2.72. The van der Waals surface area contributed by atoms with Crippen LogP contribution in [0.25, 0.3) is 10.9 Å². The van der Waals surface area contributed by atoms with Crippen molar-refractivity contribution in [1.82, 2.24) is 4.98 Å². The lowest BCUT2D eigenvalue weighted by atomic mass is 10.1. The second-order valence-corrected chi connectivity index (χ2v) is 3.96. The van der Waals surface area contributed by atoms with Crippen LogP contribution < -0.4 is 4.74 Å². The molecule has 0 unspecified atom stereocenters. The van der Waals surface area contributed by atoms with Gasteiger partial charge in [-0.1, -0.05) is 23.2 Å². The number of hydrogen-bond acceptors (Lipinski definition) is 2. The Morgan fingerprint density at radius 2 is 2.00 bits per heavy atom. The van der Waals surface area contributed by atoms with Crippen LogP contribution >= 0.6 is 23.2 Å². The van der Waals surface area contributed by atoms with E-state index in [1.807, 2.05) is 25.1 Å². The molecule has 0 atom stereocenters. The summed E-state index contributed by atoms with van der Waals surface area (Å²) in [6.45, 7) is 1.85. The van der Waals surface area contributed by atoms with Gasteiger partial charge in [0, 0.05) is 17.0 Å². The van der Waals surface area contributed by atoms with Crippen LogP contribution in [0, 0.1) is 6.92 Å². The molecule has 2 nitrogen and oxygen atoms in total. The van der Waals surface area contributed by atoms with Gasteiger partial charge >= 0.3 is 0 Å². The minimum absolute atomic E-state index is 0.431. The van der Waals surface area contributed by atoms with Gasteiger partial charge in [-0.2, -0.15) is 0 Å². The van der Waals surface area contributed by atoms with E-state index >= 15 is 0 Å². The third kappa shape index (κ3) is 1.75. The van der Waals surface area contributed by atoms with Gasteiger partial charge in [-0.25, -0.2) is 4.98 Å². The van der Waals surface area contributed by atoms with Crippen LogP contribution in [-0.2, 0) is 0 Å². The summed E-state index contributed by atoms with van der Waals surface area (Å²) in [5.74, 6) is 0.742. The highest BCUT2D eigenvalue weighted by molar-refractivity contribution is 6.39. The normalized spacial score (nSPS) is 10.7. The van der Waals surface area contributed by atoms with E-state index < -0.39 is 0 Å². The molecule has 0 radical (unpaired) electrons. The van der Waals surface area contributed by atoms with Crippen molar-refractivity contribution in [3.05, 3.63) is 33.9 Å². The molecule has 0 fully saturated rings. The molecule has 0 aliphatic heterocycles. The molecule has 0 saturated heterocycles. The Morgan fingerprint density at radius 3 is 2.67 bits per heavy atom. The first-order chi connectivity index (χ1) is 7.13. The molecule has 78 valence electrons. The van der Waals surface area contributed by atoms with Crippen LogP contribution in [0.5, 0.6) is 5.75 Å². The van der Waals surface area contributed by atoms with Gasteiger partial charge in [-0.15, -0.1) is 0 Å². The molecule has 2 aromatic rings. The summed E-state index contributed by atoms with van der Waals surface area (Å²) in [5, 5.41) is 1.97. The SMILES string of the molecule is COc1ccc2c(Cl)c(C)c(Cl)nc2c1. The number of fused-ring (bicyclic) bond motifs is 1. The molecule has 0 bridgehead atoms. The molecule has 0 aliphatic carbocycles. The summed E-state index contributed by atoms with van der Waals surface area (Å²) < 4.78 is 5.11. The van der Waals surface area contributed by atoms with Gasteiger partial charge in [0.05, 0.1) is 17.6 Å². The fraction of sp³-hybridized carbons (Fsp3) is 0.182. The van der Waals surface area contributed by atoms with E-state index in [0.29, 0.717) is 10.2 Å². The topological polar surface area (TPSA) is 22.1 Å². The number of rotatable bonds is 1. The third-order valence-electron chi connectivity index (χ3n) is 2.30. The van der Waals surface area contributed by atoms with Crippen molar-refractivity contribution in [2.24, 2.45) is 0 Å². The fourth-order valence-electron chi connectivity index (χ4n) is 1.40. The van der Waals surface area contributed by atoms with Crippen LogP contribution in [0.1, 0.15) is 5.56 Å². The number of hydrogen-bond donors (Lipinski definition) is 0. The van der Waals surface area contributed by atoms with Crippen LogP contribution in [0.4, 0.5) is 0 Å². The molecule has 0 N–H and O–H groups in total. The molecule has 2 rings (SSSR count). The number of aromatic nitrogens is 1. The lowest BCUT2D eigenvalue weighted by Crippen LogP contribution is -1.89. The van der Waals surface area contributed by atoms with E-state index in [9.17, 15) is 0 Å². The highest BCUT2D eigenvalue weighted by Crippen LogP contribution is 2.31. The number of nitrogens with zero attached hydrogens (tertiary/aromatic N) is 1. The first kappa shape index (κ1) is 10.5. The zero-order chi connectivity index (χ0) is 11.0. The molecule has 4 heteroatoms. The lowest BCUT2D eigenvalue weighted by Gasteiger charge is -2.07. The molecule has 15 heavy (non-hydrogen) atoms. The zero-order valence-electron chi connectivity index (χ0n) is 8.34. The number of halogens is 2. The average Bonchev–Trinajstić information content (AvgIpc) is 2.25. The molecular weight excluding hydrogens is 233 g/mol. The number of pyridine rings is 1. The van der Waals surface area contributed by atoms with Gasteiger partial charge in [-0.3, -0.25) is 0 Å². The summed E-state index contributed by atoms with van der Waals surface area (Å²) in [6, 6.07) is 5.54. The molecule has 1 aromatic heterocycles. The van der Waals surface area contributed by atoms with Crippen LogP contribution in [0.15, 0.2) is 18.2 Å². The van der Waals surface area contributed by atoms with Crippen molar-refractivity contribution in [2.45, 2.75) is 6.92 Å². The van der Waals surface area contributed by atoms with Crippen LogP contribution in [-0.4, -0.2) is 12.1 Å². The maximum Gasteiger partial charge on any atom is 0.134 e. The maximum absolute atomic E-state index is 6.16. The Balaban J connectivity index is 2.80. The molecule has 0 aliphatic rings. The summed E-state index contributed by atoms with van der Waals surface area (Å²) in [7, 11) is 1.61. The molecule has 0 spiro atoms. The Labute approximate surface area is 97.8 Å². The van der Waals surface area contributed by atoms with Crippen LogP contribution in [0.2, 0.25) is 10.2 Å². The van der Waals surface area contributed by atoms with Gasteiger partial charge in [-0.05, 0) is 19.1 Å². The van der Waals surface area contributed by atoms with Crippen molar-refractivity contribution in [1.29, 1.82) is 0 Å². The Morgan fingerprint density at radius 1 is 1.27 bits per heavy atom. The summed E-state index contributed by atoms with van der Waals surface area (Å²) in [6.07, 6.45) is 0. The third-order valence-corrected chi connectivity index (χ3v) is 3.15. The average molecular weight is 242 g/mol. The van der Waals surface area contributed by atoms with Crippen molar-refractivity contribution in [3.63, 3.8) is 0 Å². The first-order valence-electron chi connectivity index (χ1n) is 4.43. The van der Waals surface area contributed by atoms with Gasteiger partial charge in [0.15, 0.2) is 0 Å². The summed E-state index contributed by atoms with van der Waals surface area (Å²) in [4.78, 5) is 4.25. The van der Waals surface area contributed by atoms with Gasteiger partial charge < -0.3 is 4.74 Å². The van der Waals surface area contributed by atoms with E-state index in [1.54, 1.807) is 7.11 Å². The van der Waals surface area contributed by atoms with Gasteiger partial charge in [0.1, 0.15) is 10.9 Å². The lowest BCUT2D eigenvalue weighted by molar-refractivity contribution is 0.415. The Hall–Kier alpha value is -0.990. The van der Waals surface area contributed by atoms with E-state index in [1.165, 1.54) is 0 Å². The number of benzene rings is 1. The van der Waals surface area contributed by atoms with E-state index in [0.717, 1.165) is 22.2 Å². The highest BCUT2D eigenvalue weighted by atomic mass is 35.5. The predicted molar refractivity (Wildman–Crippen MR) is 63.1 cm³/mol. The van der Waals surface area contributed by atoms with Crippen molar-refractivity contribution >= 4 is 34.1 Å². The molecule has 0 amide bonds. The maximum atomic E-state index is 6.16. The molecular formula is C11H9Cl2NO. The van der Waals surface area contributed by atoms with Crippen molar-refractivity contribution < 1.29 is 4.74 Å². The summed E-state index contributed by atoms with van der Waals surface area (Å²) in [5.41, 5.74) is 1.55. The second kappa shape index (κ2) is 3.87. The first-order valence-corrected chi connectivity index (χ1v) is 5.18. The number of methoxy groups -OCH3 is 1. The van der Waals surface area contributed by atoms with Gasteiger partial charge in [0.2, 0.25) is 0 Å². The van der Waals surface area contributed by atoms with Crippen LogP contribution in [0.3, 0.4) is 0 Å². The molecule has 1 aromatic carbocycles. The van der Waals surface area contributed by atoms with Crippen molar-refractivity contribution in [2.75, 3.05) is 7.11 Å². The van der Waals surface area contributed by atoms with Gasteiger partial charge in [0.25, 0.3) is 0 Å². The Bertz CT molecular complexity index is 525. The summed E-state index contributed by atoms with van der Waals surface area (Å²) >= 11 is 12.1. The minimum Gasteiger partial charge on any atom is -0.497 e. The van der Waals surface area contributed by atoms with E-state index in [-0.39, 0.29) is 0 Å². The molecule has 1 heterocycles. The standard InChI is InChI=1S/C11H9Cl2NO/c1-6-10(12)8-4-3-7(15-2)5-9(8)14-11(6)13/h3-5H,1-2H3.